The molecular formula is C18H26N2S. The molecule has 0 radical (unpaired) electrons. The molecule has 0 bridgehead atoms. The number of aromatic nitrogens is 1. The van der Waals surface area contributed by atoms with Crippen molar-refractivity contribution in [3.8, 4) is 11.3 Å². The molecule has 0 saturated carbocycles. The van der Waals surface area contributed by atoms with Crippen molar-refractivity contribution in [2.45, 2.75) is 58.5 Å². The predicted molar refractivity (Wildman–Crippen MR) is 92.6 cm³/mol. The van der Waals surface area contributed by atoms with Gasteiger partial charge in [-0.1, -0.05) is 63.4 Å². The zero-order chi connectivity index (χ0) is 14.9. The first kappa shape index (κ1) is 16.2. The molecule has 1 N–H and O–H groups in total. The van der Waals surface area contributed by atoms with Crippen molar-refractivity contribution in [2.24, 2.45) is 0 Å². The fraction of sp³-hybridized carbons (Fsp3) is 0.500. The zero-order valence-electron chi connectivity index (χ0n) is 13.1. The van der Waals surface area contributed by atoms with Crippen molar-refractivity contribution in [2.75, 3.05) is 0 Å². The van der Waals surface area contributed by atoms with Gasteiger partial charge in [-0.2, -0.15) is 0 Å². The van der Waals surface area contributed by atoms with Crippen LogP contribution in [-0.2, 0) is 6.54 Å². The van der Waals surface area contributed by atoms with Gasteiger partial charge >= 0.3 is 0 Å². The van der Waals surface area contributed by atoms with Crippen LogP contribution in [0.4, 0.5) is 0 Å². The summed E-state index contributed by atoms with van der Waals surface area (Å²) >= 11 is 1.75. The van der Waals surface area contributed by atoms with Crippen LogP contribution >= 0.6 is 11.3 Å². The molecule has 21 heavy (non-hydrogen) atoms. The van der Waals surface area contributed by atoms with E-state index in [9.17, 15) is 0 Å². The van der Waals surface area contributed by atoms with Gasteiger partial charge in [-0.05, 0) is 12.8 Å². The standard InChI is InChI=1S/C18H26N2S/c1-3-5-12-16(9-4-2)19-13-18-20-17(14-21-18)15-10-7-6-8-11-15/h6-8,10-11,14,16,19H,3-5,9,12-13H2,1-2H3. The van der Waals surface area contributed by atoms with Crippen LogP contribution in [-0.4, -0.2) is 11.0 Å². The normalized spacial score (nSPS) is 12.5. The van der Waals surface area contributed by atoms with E-state index in [4.69, 9.17) is 4.98 Å². The Bertz CT molecular complexity index is 507. The number of rotatable bonds is 9. The summed E-state index contributed by atoms with van der Waals surface area (Å²) in [5.41, 5.74) is 2.30. The topological polar surface area (TPSA) is 24.9 Å². The highest BCUT2D eigenvalue weighted by molar-refractivity contribution is 7.09. The van der Waals surface area contributed by atoms with E-state index in [2.05, 4.69) is 48.8 Å². The maximum Gasteiger partial charge on any atom is 0.107 e. The molecule has 0 amide bonds. The monoisotopic (exact) mass is 302 g/mol. The first-order chi connectivity index (χ1) is 10.3. The molecule has 114 valence electrons. The van der Waals surface area contributed by atoms with Crippen molar-refractivity contribution < 1.29 is 0 Å². The molecule has 3 heteroatoms. The van der Waals surface area contributed by atoms with Gasteiger partial charge in [-0.25, -0.2) is 4.98 Å². The Hall–Kier alpha value is -1.19. The highest BCUT2D eigenvalue weighted by Crippen LogP contribution is 2.21. The summed E-state index contributed by atoms with van der Waals surface area (Å²) in [5.74, 6) is 0. The lowest BCUT2D eigenvalue weighted by molar-refractivity contribution is 0.434. The number of benzene rings is 1. The molecule has 2 aromatic rings. The molecular weight excluding hydrogens is 276 g/mol. The Morgan fingerprint density at radius 2 is 1.90 bits per heavy atom. The molecule has 0 aliphatic heterocycles. The lowest BCUT2D eigenvalue weighted by atomic mass is 10.1. The van der Waals surface area contributed by atoms with E-state index in [1.165, 1.54) is 42.7 Å². The third kappa shape index (κ3) is 5.25. The van der Waals surface area contributed by atoms with Crippen LogP contribution in [0.3, 0.4) is 0 Å². The van der Waals surface area contributed by atoms with Crippen LogP contribution in [0.2, 0.25) is 0 Å². The summed E-state index contributed by atoms with van der Waals surface area (Å²) in [5, 5.41) is 7.03. The molecule has 0 fully saturated rings. The predicted octanol–water partition coefficient (Wildman–Crippen LogP) is 5.26. The van der Waals surface area contributed by atoms with E-state index < -0.39 is 0 Å². The SMILES string of the molecule is CCCCC(CCC)NCc1nc(-c2ccccc2)cs1. The third-order valence-corrected chi connectivity index (χ3v) is 4.56. The van der Waals surface area contributed by atoms with Gasteiger partial charge in [0.1, 0.15) is 5.01 Å². The van der Waals surface area contributed by atoms with Crippen molar-refractivity contribution in [3.05, 3.63) is 40.7 Å². The van der Waals surface area contributed by atoms with Crippen molar-refractivity contribution in [1.29, 1.82) is 0 Å². The number of unbranched alkanes of at least 4 members (excludes halogenated alkanes) is 1. The highest BCUT2D eigenvalue weighted by Gasteiger charge is 2.09. The van der Waals surface area contributed by atoms with Crippen LogP contribution in [0.25, 0.3) is 11.3 Å². The minimum Gasteiger partial charge on any atom is -0.308 e. The molecule has 1 heterocycles. The van der Waals surface area contributed by atoms with Gasteiger partial charge in [-0.15, -0.1) is 11.3 Å². The second kappa shape index (κ2) is 8.96. The lowest BCUT2D eigenvalue weighted by Crippen LogP contribution is -2.28. The molecule has 0 aliphatic rings. The van der Waals surface area contributed by atoms with Crippen LogP contribution in [0.5, 0.6) is 0 Å². The number of nitrogens with zero attached hydrogens (tertiary/aromatic N) is 1. The van der Waals surface area contributed by atoms with Gasteiger partial charge in [0, 0.05) is 23.5 Å². The van der Waals surface area contributed by atoms with E-state index >= 15 is 0 Å². The minimum absolute atomic E-state index is 0.638. The highest BCUT2D eigenvalue weighted by atomic mass is 32.1. The minimum atomic E-state index is 0.638. The van der Waals surface area contributed by atoms with Crippen molar-refractivity contribution in [1.82, 2.24) is 10.3 Å². The fourth-order valence-corrected chi connectivity index (χ4v) is 3.27. The summed E-state index contributed by atoms with van der Waals surface area (Å²) in [6.07, 6.45) is 6.37. The molecule has 0 saturated heterocycles. The van der Waals surface area contributed by atoms with E-state index in [0.717, 1.165) is 12.2 Å². The molecule has 1 unspecified atom stereocenters. The smallest absolute Gasteiger partial charge is 0.107 e. The number of thiazole rings is 1. The fourth-order valence-electron chi connectivity index (χ4n) is 2.51. The van der Waals surface area contributed by atoms with E-state index in [1.807, 2.05) is 6.07 Å². The zero-order valence-corrected chi connectivity index (χ0v) is 14.0. The van der Waals surface area contributed by atoms with E-state index in [1.54, 1.807) is 11.3 Å². The Kier molecular flexibility index (Phi) is 6.90. The molecule has 2 rings (SSSR count). The summed E-state index contributed by atoms with van der Waals surface area (Å²) in [6, 6.07) is 11.0. The van der Waals surface area contributed by atoms with Gasteiger partial charge in [-0.3, -0.25) is 0 Å². The average Bonchev–Trinajstić information content (AvgIpc) is 3.00. The Morgan fingerprint density at radius 3 is 2.62 bits per heavy atom. The van der Waals surface area contributed by atoms with Gasteiger partial charge in [0.2, 0.25) is 0 Å². The third-order valence-electron chi connectivity index (χ3n) is 3.71. The van der Waals surface area contributed by atoms with Gasteiger partial charge in [0.15, 0.2) is 0 Å². The van der Waals surface area contributed by atoms with Gasteiger partial charge < -0.3 is 5.32 Å². The quantitative estimate of drug-likeness (QED) is 0.683. The van der Waals surface area contributed by atoms with E-state index in [0.29, 0.717) is 6.04 Å². The summed E-state index contributed by atoms with van der Waals surface area (Å²) in [4.78, 5) is 4.75. The van der Waals surface area contributed by atoms with Crippen LogP contribution in [0.1, 0.15) is 51.0 Å². The first-order valence-electron chi connectivity index (χ1n) is 8.06. The van der Waals surface area contributed by atoms with Gasteiger partial charge in [0.25, 0.3) is 0 Å². The summed E-state index contributed by atoms with van der Waals surface area (Å²) in [7, 11) is 0. The van der Waals surface area contributed by atoms with Crippen molar-refractivity contribution in [3.63, 3.8) is 0 Å². The second-order valence-corrected chi connectivity index (χ2v) is 6.44. The van der Waals surface area contributed by atoms with Gasteiger partial charge in [0.05, 0.1) is 5.69 Å². The summed E-state index contributed by atoms with van der Waals surface area (Å²) in [6.45, 7) is 5.42. The van der Waals surface area contributed by atoms with Crippen LogP contribution < -0.4 is 5.32 Å². The molecule has 0 spiro atoms. The largest absolute Gasteiger partial charge is 0.308 e. The summed E-state index contributed by atoms with van der Waals surface area (Å²) < 4.78 is 0. The maximum atomic E-state index is 4.75. The maximum absolute atomic E-state index is 4.75. The Balaban J connectivity index is 1.89. The Labute approximate surface area is 132 Å². The molecule has 1 aromatic heterocycles. The number of nitrogens with one attached hydrogen (secondary N) is 1. The molecule has 0 aliphatic carbocycles. The van der Waals surface area contributed by atoms with Crippen LogP contribution in [0.15, 0.2) is 35.7 Å². The Morgan fingerprint density at radius 1 is 1.10 bits per heavy atom. The average molecular weight is 302 g/mol. The van der Waals surface area contributed by atoms with Crippen LogP contribution in [0, 0.1) is 0 Å². The number of hydrogen-bond acceptors (Lipinski definition) is 3. The molecule has 1 aromatic carbocycles. The van der Waals surface area contributed by atoms with Crippen molar-refractivity contribution >= 4 is 11.3 Å². The van der Waals surface area contributed by atoms with E-state index in [-0.39, 0.29) is 0 Å². The first-order valence-corrected chi connectivity index (χ1v) is 8.94. The lowest BCUT2D eigenvalue weighted by Gasteiger charge is -2.16. The molecule has 1 atom stereocenters. The molecule has 2 nitrogen and oxygen atoms in total. The number of hydrogen-bond donors (Lipinski definition) is 1. The second-order valence-electron chi connectivity index (χ2n) is 5.50.